The number of nitrogens with one attached hydrogen (secondary N) is 3. The summed E-state index contributed by atoms with van der Waals surface area (Å²) in [6.45, 7) is 0. The Morgan fingerprint density at radius 2 is 1.64 bits per heavy atom. The summed E-state index contributed by atoms with van der Waals surface area (Å²) in [5.74, 6) is -0.263. The number of amides is 3. The van der Waals surface area contributed by atoms with E-state index in [1.807, 2.05) is 0 Å². The lowest BCUT2D eigenvalue weighted by Crippen LogP contribution is -2.20. The monoisotopic (exact) mass is 538 g/mol. The highest BCUT2D eigenvalue weighted by Gasteiger charge is 2.31. The van der Waals surface area contributed by atoms with Crippen molar-refractivity contribution in [2.45, 2.75) is 24.9 Å². The molecule has 1 fully saturated rings. The molecule has 1 aliphatic rings. The number of aromatic nitrogens is 1. The Kier molecular flexibility index (Phi) is 7.31. The lowest BCUT2D eigenvalue weighted by Gasteiger charge is -2.11. The van der Waals surface area contributed by atoms with E-state index < -0.39 is 27.6 Å². The number of benzene rings is 2. The van der Waals surface area contributed by atoms with Crippen molar-refractivity contribution in [2.24, 2.45) is 0 Å². The number of carbonyl (C=O) groups is 2. The van der Waals surface area contributed by atoms with Crippen LogP contribution in [0.2, 0.25) is 0 Å². The zero-order chi connectivity index (χ0) is 25.9. The van der Waals surface area contributed by atoms with Crippen molar-refractivity contribution in [3.05, 3.63) is 70.2 Å². The first-order chi connectivity index (χ1) is 17.0. The first-order valence-electron chi connectivity index (χ1n) is 10.8. The third kappa shape index (κ3) is 6.82. The Bertz CT molecular complexity index is 1390. The van der Waals surface area contributed by atoms with Crippen LogP contribution < -0.4 is 16.0 Å². The molecule has 13 heteroatoms. The van der Waals surface area contributed by atoms with Crippen LogP contribution in [0.3, 0.4) is 0 Å². The summed E-state index contributed by atoms with van der Waals surface area (Å²) in [5, 5.41) is 10.00. The van der Waals surface area contributed by atoms with Gasteiger partial charge in [0.25, 0.3) is 0 Å². The van der Waals surface area contributed by atoms with E-state index >= 15 is 0 Å². The topological polar surface area (TPSA) is 117 Å². The Balaban J connectivity index is 1.32. The average molecular weight is 539 g/mol. The van der Waals surface area contributed by atoms with Gasteiger partial charge in [-0.1, -0.05) is 12.1 Å². The zero-order valence-electron chi connectivity index (χ0n) is 18.6. The van der Waals surface area contributed by atoms with Gasteiger partial charge < -0.3 is 16.0 Å². The highest BCUT2D eigenvalue weighted by Crippen LogP contribution is 2.32. The van der Waals surface area contributed by atoms with Crippen LogP contribution in [0.5, 0.6) is 0 Å². The van der Waals surface area contributed by atoms with Gasteiger partial charge in [0.1, 0.15) is 0 Å². The first-order valence-corrected chi connectivity index (χ1v) is 13.5. The summed E-state index contributed by atoms with van der Waals surface area (Å²) >= 11 is 1.34. The molecule has 0 spiro atoms. The van der Waals surface area contributed by atoms with Crippen molar-refractivity contribution in [2.75, 3.05) is 27.5 Å². The molecule has 8 nitrogen and oxygen atoms in total. The molecule has 3 N–H and O–H groups in total. The molecular weight excluding hydrogens is 517 g/mol. The fourth-order valence-corrected chi connectivity index (χ4v) is 6.50. The van der Waals surface area contributed by atoms with E-state index in [0.29, 0.717) is 28.5 Å². The van der Waals surface area contributed by atoms with Crippen LogP contribution in [0, 0.1) is 0 Å². The van der Waals surface area contributed by atoms with Gasteiger partial charge in [-0.3, -0.25) is 4.79 Å². The molecule has 0 saturated carbocycles. The summed E-state index contributed by atoms with van der Waals surface area (Å²) in [5.41, 5.74) is 0.339. The van der Waals surface area contributed by atoms with Gasteiger partial charge in [-0.25, -0.2) is 18.2 Å². The second kappa shape index (κ2) is 10.3. The summed E-state index contributed by atoms with van der Waals surface area (Å²) in [6, 6.07) is 9.77. The predicted octanol–water partition coefficient (Wildman–Crippen LogP) is 4.89. The average Bonchev–Trinajstić information content (AvgIpc) is 3.39. The predicted molar refractivity (Wildman–Crippen MR) is 131 cm³/mol. The quantitative estimate of drug-likeness (QED) is 0.413. The molecule has 1 aliphatic heterocycles. The largest absolute Gasteiger partial charge is 0.416 e. The third-order valence-electron chi connectivity index (χ3n) is 5.34. The van der Waals surface area contributed by atoms with Crippen molar-refractivity contribution in [1.29, 1.82) is 0 Å². The molecule has 0 radical (unpaired) electrons. The van der Waals surface area contributed by atoms with Crippen molar-refractivity contribution in [1.82, 2.24) is 4.98 Å². The van der Waals surface area contributed by atoms with Crippen molar-refractivity contribution in [3.8, 4) is 0 Å². The van der Waals surface area contributed by atoms with Gasteiger partial charge in [-0.05, 0) is 42.8 Å². The molecule has 1 atom stereocenters. The molecule has 3 aromatic rings. The van der Waals surface area contributed by atoms with Gasteiger partial charge >= 0.3 is 12.2 Å². The molecule has 4 rings (SSSR count). The van der Waals surface area contributed by atoms with E-state index in [4.69, 9.17) is 0 Å². The van der Waals surface area contributed by atoms with E-state index in [1.54, 1.807) is 23.6 Å². The Morgan fingerprint density at radius 3 is 2.28 bits per heavy atom. The zero-order valence-corrected chi connectivity index (χ0v) is 20.3. The van der Waals surface area contributed by atoms with Gasteiger partial charge in [0, 0.05) is 28.4 Å². The SMILES string of the molecule is O=C(Cc1csc(C2CCS(=O)(=O)C2)n1)Nc1cccc(NC(=O)Nc2cccc(C(F)(F)F)c2)c1. The maximum absolute atomic E-state index is 12.8. The fraction of sp³-hybridized carbons (Fsp3) is 0.261. The number of alkyl halides is 3. The molecule has 190 valence electrons. The number of thiazole rings is 1. The van der Waals surface area contributed by atoms with E-state index in [2.05, 4.69) is 20.9 Å². The van der Waals surface area contributed by atoms with Crippen molar-refractivity contribution >= 4 is 50.2 Å². The van der Waals surface area contributed by atoms with E-state index in [1.165, 1.54) is 29.5 Å². The highest BCUT2D eigenvalue weighted by atomic mass is 32.2. The van der Waals surface area contributed by atoms with Crippen LogP contribution in [0.1, 0.15) is 28.6 Å². The van der Waals surface area contributed by atoms with Crippen LogP contribution >= 0.6 is 11.3 Å². The minimum Gasteiger partial charge on any atom is -0.326 e. The van der Waals surface area contributed by atoms with Gasteiger partial charge in [0.15, 0.2) is 9.84 Å². The van der Waals surface area contributed by atoms with Crippen LogP contribution in [0.15, 0.2) is 53.9 Å². The van der Waals surface area contributed by atoms with Crippen LogP contribution in [-0.2, 0) is 27.2 Å². The Morgan fingerprint density at radius 1 is 1.00 bits per heavy atom. The molecule has 36 heavy (non-hydrogen) atoms. The molecule has 0 bridgehead atoms. The molecule has 3 amide bonds. The number of urea groups is 1. The molecule has 2 aromatic carbocycles. The smallest absolute Gasteiger partial charge is 0.326 e. The molecule has 1 saturated heterocycles. The summed E-state index contributed by atoms with van der Waals surface area (Å²) in [6.07, 6.45) is -4.01. The normalized spacial score (nSPS) is 16.9. The summed E-state index contributed by atoms with van der Waals surface area (Å²) in [4.78, 5) is 29.1. The number of hydrogen-bond donors (Lipinski definition) is 3. The van der Waals surface area contributed by atoms with Crippen molar-refractivity contribution < 1.29 is 31.2 Å². The molecule has 2 heterocycles. The van der Waals surface area contributed by atoms with Crippen LogP contribution in [-0.4, -0.2) is 36.8 Å². The molecule has 1 aromatic heterocycles. The van der Waals surface area contributed by atoms with Gasteiger partial charge in [0.05, 0.1) is 34.2 Å². The summed E-state index contributed by atoms with van der Waals surface area (Å²) < 4.78 is 61.9. The number of sulfone groups is 1. The minimum atomic E-state index is -4.53. The van der Waals surface area contributed by atoms with E-state index in [-0.39, 0.29) is 35.4 Å². The van der Waals surface area contributed by atoms with Crippen LogP contribution in [0.4, 0.5) is 35.0 Å². The number of carbonyl (C=O) groups excluding carboxylic acids is 2. The second-order valence-corrected chi connectivity index (χ2v) is 11.4. The molecular formula is C23H21F3N4O4S2. The number of anilines is 3. The Hall–Kier alpha value is -3.45. The summed E-state index contributed by atoms with van der Waals surface area (Å²) in [7, 11) is -3.03. The second-order valence-electron chi connectivity index (χ2n) is 8.24. The van der Waals surface area contributed by atoms with E-state index in [0.717, 1.165) is 12.1 Å². The first kappa shape index (κ1) is 25.6. The molecule has 0 aliphatic carbocycles. The highest BCUT2D eigenvalue weighted by molar-refractivity contribution is 7.91. The lowest BCUT2D eigenvalue weighted by molar-refractivity contribution is -0.137. The third-order valence-corrected chi connectivity index (χ3v) is 8.17. The van der Waals surface area contributed by atoms with Gasteiger partial charge in [0.2, 0.25) is 5.91 Å². The van der Waals surface area contributed by atoms with Gasteiger partial charge in [-0.2, -0.15) is 13.2 Å². The lowest BCUT2D eigenvalue weighted by atomic mass is 10.1. The van der Waals surface area contributed by atoms with Gasteiger partial charge in [-0.15, -0.1) is 11.3 Å². The minimum absolute atomic E-state index is 0.0103. The van der Waals surface area contributed by atoms with Crippen LogP contribution in [0.25, 0.3) is 0 Å². The number of hydrogen-bond acceptors (Lipinski definition) is 6. The Labute approximate surface area is 208 Å². The number of rotatable bonds is 6. The fourth-order valence-electron chi connectivity index (χ4n) is 3.69. The number of nitrogens with zero attached hydrogens (tertiary/aromatic N) is 1. The number of halogens is 3. The standard InChI is InChI=1S/C23H21F3N4O4S2/c24-23(25,26)15-3-1-4-16(9-15)29-22(32)30-18-6-2-5-17(10-18)27-20(31)11-19-12-35-21(28-19)14-7-8-36(33,34)13-14/h1-6,9-10,12,14H,7-8,11,13H2,(H,27,31)(H2,29,30,32). The maximum atomic E-state index is 12.8. The van der Waals surface area contributed by atoms with Crippen molar-refractivity contribution in [3.63, 3.8) is 0 Å². The van der Waals surface area contributed by atoms with E-state index in [9.17, 15) is 31.2 Å². The molecule has 1 unspecified atom stereocenters. The maximum Gasteiger partial charge on any atom is 0.416 e.